The van der Waals surface area contributed by atoms with Crippen LogP contribution in [0, 0.1) is 24.2 Å². The number of thiophene rings is 2. The van der Waals surface area contributed by atoms with Gasteiger partial charge in [-0.1, -0.05) is 0 Å². The molecule has 2 aliphatic heterocycles. The minimum atomic E-state index is -0.356. The number of nitrogens with zero attached hydrogens (tertiary/aromatic N) is 7. The van der Waals surface area contributed by atoms with Gasteiger partial charge in [0.05, 0.1) is 47.0 Å². The zero-order chi connectivity index (χ0) is 46.6. The number of amides is 2. The normalized spacial score (nSPS) is 11.7. The summed E-state index contributed by atoms with van der Waals surface area (Å²) in [5.41, 5.74) is 6.99. The van der Waals surface area contributed by atoms with Crippen LogP contribution in [-0.4, -0.2) is 80.6 Å². The topological polar surface area (TPSA) is 137 Å². The van der Waals surface area contributed by atoms with E-state index in [0.29, 0.717) is 51.1 Å². The summed E-state index contributed by atoms with van der Waals surface area (Å²) in [4.78, 5) is 30.0. The Morgan fingerprint density at radius 3 is 1.58 bits per heavy atom. The van der Waals surface area contributed by atoms with Gasteiger partial charge in [-0.15, -0.1) is 0 Å². The first-order valence-electron chi connectivity index (χ1n) is 19.0. The number of ether oxygens (including phenoxy) is 4. The molecule has 0 fully saturated rings. The Balaban J connectivity index is 0.000000257. The second kappa shape index (κ2) is 21.8. The van der Waals surface area contributed by atoms with Crippen LogP contribution in [0.15, 0.2) is 62.4 Å². The van der Waals surface area contributed by atoms with Crippen LogP contribution < -0.4 is 18.9 Å². The number of hydrogen-bond donors (Lipinski definition) is 0. The molecule has 8 rings (SSSR count). The van der Waals surface area contributed by atoms with Crippen molar-refractivity contribution in [3.63, 3.8) is 0 Å². The number of benzene rings is 2. The number of terminal acetylenes is 1. The van der Waals surface area contributed by atoms with Gasteiger partial charge in [-0.05, 0) is 92.5 Å². The van der Waals surface area contributed by atoms with Crippen LogP contribution in [0.3, 0.4) is 0 Å². The van der Waals surface area contributed by atoms with Crippen LogP contribution in [0.5, 0.6) is 23.0 Å². The number of rotatable bonds is 6. The molecule has 6 heterocycles. The fourth-order valence-corrected chi connectivity index (χ4v) is 8.28. The average molecular weight is 1180 g/mol. The second-order valence-electron chi connectivity index (χ2n) is 15.9. The Hall–Kier alpha value is -4.30. The van der Waals surface area contributed by atoms with Crippen molar-refractivity contribution in [2.45, 2.75) is 65.8 Å². The maximum atomic E-state index is 13.3. The molecule has 2 amide bonds. The molecule has 0 atom stereocenters. The van der Waals surface area contributed by atoms with Gasteiger partial charge >= 0.3 is 50.2 Å². The average Bonchev–Trinajstić information content (AvgIpc) is 4.12. The molecular weight excluding hydrogens is 1130 g/mol. The van der Waals surface area contributed by atoms with Crippen LogP contribution in [0.25, 0.3) is 33.9 Å². The number of carbonyl (C=O) groups excluding carboxylic acids is 2. The van der Waals surface area contributed by atoms with Crippen LogP contribution >= 0.6 is 58.9 Å². The maximum absolute atomic E-state index is 13.3. The Bertz CT molecular complexity index is 2680. The molecule has 0 radical (unpaired) electrons. The van der Waals surface area contributed by atoms with E-state index in [-0.39, 0.29) is 53.2 Å². The van der Waals surface area contributed by atoms with Gasteiger partial charge in [-0.25, -0.2) is 9.36 Å². The number of carbonyl (C=O) groups is 2. The standard InChI is InChI=1S/C22H22N4O3S.C21H22BrN3O3S.C2H.2Cu.HI/c1-22(2,3)25(4)21(27)19-16-11-29-18-9-17(28-5)13(10-23)8-15(18)20(16)26(24-19)14-6-7-30-12-14;1-21(2,3)24(4)20(26)18-14-10-28-16-9-17(27-5)15(22)8-13(16)19(14)25(23-18)12-6-7-29-11-12;1-2;;;/h6-9,12H,11H2,1-5H3;6-9,11H,10H2,1-5H3;1H;;;1H/q;;-1;2*+1;/p-1. The molecule has 0 N–H and O–H groups in total. The number of aromatic nitrogens is 4. The summed E-state index contributed by atoms with van der Waals surface area (Å²) in [5, 5.41) is 26.9. The predicted molar refractivity (Wildman–Crippen MR) is 254 cm³/mol. The zero-order valence-corrected chi connectivity index (χ0v) is 43.8. The third-order valence-corrected chi connectivity index (χ3v) is 12.4. The van der Waals surface area contributed by atoms with Gasteiger partial charge < -0.3 is 41.6 Å². The number of nitriles is 1. The van der Waals surface area contributed by atoms with Crippen LogP contribution in [0.4, 0.5) is 0 Å². The van der Waals surface area contributed by atoms with Gasteiger partial charge in [0, 0.05) is 70.3 Å². The number of methoxy groups -OCH3 is 2. The third kappa shape index (κ3) is 10.4. The van der Waals surface area contributed by atoms with Crippen molar-refractivity contribution in [1.82, 2.24) is 29.4 Å². The molecule has 0 saturated carbocycles. The van der Waals surface area contributed by atoms with Crippen LogP contribution in [0.2, 0.25) is 0 Å². The van der Waals surface area contributed by atoms with E-state index in [1.165, 1.54) is 7.11 Å². The van der Waals surface area contributed by atoms with E-state index in [9.17, 15) is 14.9 Å². The third-order valence-electron chi connectivity index (χ3n) is 10.4. The van der Waals surface area contributed by atoms with E-state index in [1.807, 2.05) is 92.0 Å². The summed E-state index contributed by atoms with van der Waals surface area (Å²) in [7, 11) is 6.72. The van der Waals surface area contributed by atoms with Crippen molar-refractivity contribution in [3.8, 4) is 69.4 Å². The Kier molecular flexibility index (Phi) is 17.8. The molecule has 344 valence electrons. The first kappa shape index (κ1) is 52.3. The van der Waals surface area contributed by atoms with Gasteiger partial charge in [-0.2, -0.15) is 38.1 Å². The fraction of sp³-hybridized carbons (Fsp3) is 0.311. The Morgan fingerprint density at radius 2 is 1.22 bits per heavy atom. The van der Waals surface area contributed by atoms with Crippen LogP contribution in [-0.2, 0) is 43.0 Å². The van der Waals surface area contributed by atoms with Gasteiger partial charge in [0.2, 0.25) is 0 Å². The van der Waals surface area contributed by atoms with Gasteiger partial charge in [0.1, 0.15) is 42.3 Å². The van der Waals surface area contributed by atoms with Crippen molar-refractivity contribution >= 4 is 70.8 Å². The Morgan fingerprint density at radius 1 is 0.812 bits per heavy atom. The van der Waals surface area contributed by atoms with E-state index in [1.54, 1.807) is 90.8 Å². The summed E-state index contributed by atoms with van der Waals surface area (Å²) < 4.78 is 27.1. The molecule has 19 heteroatoms. The molecule has 2 aromatic carbocycles. The van der Waals surface area contributed by atoms with Crippen molar-refractivity contribution < 1.29 is 58.4 Å². The quantitative estimate of drug-likeness (QED) is 0.0691. The fourth-order valence-electron chi connectivity index (χ4n) is 6.54. The summed E-state index contributed by atoms with van der Waals surface area (Å²) >= 11 is 12.6. The summed E-state index contributed by atoms with van der Waals surface area (Å²) in [6.45, 7) is 12.4. The number of fused-ring (bicyclic) bond motifs is 6. The van der Waals surface area contributed by atoms with Crippen LogP contribution in [0.1, 0.15) is 79.2 Å². The SMILES string of the molecule is COc1cc2c(cc1Br)-c1c(c(C(=O)N(C)C(C)(C)C)nn1-c1ccsc1)CO2.COc1cc2c(cc1C#N)-c1c(c(C(=O)N(C)C(C)(C)C)nn1-c1ccsc1)CO2.[C-]#C.[Cu+].[Cu][I]. The summed E-state index contributed by atoms with van der Waals surface area (Å²) in [5.74, 6) is 2.15. The number of halogens is 2. The molecular formula is C45H45BrCu2IN7O6S2. The molecule has 0 aliphatic carbocycles. The van der Waals surface area contributed by atoms with E-state index in [0.717, 1.165) is 38.4 Å². The molecule has 4 aromatic heterocycles. The molecule has 0 saturated heterocycles. The molecule has 2 aliphatic rings. The molecule has 13 nitrogen and oxygen atoms in total. The molecule has 0 bridgehead atoms. The minimum absolute atomic E-state index is 0. The second-order valence-corrected chi connectivity index (χ2v) is 18.3. The van der Waals surface area contributed by atoms with Gasteiger partial charge in [0.25, 0.3) is 11.8 Å². The first-order valence-corrected chi connectivity index (χ1v) is 24.7. The van der Waals surface area contributed by atoms with Gasteiger partial charge in [0.15, 0.2) is 11.4 Å². The molecule has 0 unspecified atom stereocenters. The number of hydrogen-bond acceptors (Lipinski definition) is 11. The van der Waals surface area contributed by atoms with E-state index in [2.05, 4.69) is 41.2 Å². The van der Waals surface area contributed by atoms with E-state index >= 15 is 0 Å². The predicted octanol–water partition coefficient (Wildman–Crippen LogP) is 10.5. The molecule has 6 aromatic rings. The van der Waals surface area contributed by atoms with Crippen molar-refractivity contribution in [3.05, 3.63) is 96.9 Å². The molecule has 64 heavy (non-hydrogen) atoms. The van der Waals surface area contributed by atoms with E-state index < -0.39 is 0 Å². The summed E-state index contributed by atoms with van der Waals surface area (Å²) in [6, 6.07) is 13.4. The zero-order valence-electron chi connectivity index (χ0n) is 36.5. The first-order chi connectivity index (χ1) is 30.0. The van der Waals surface area contributed by atoms with Crippen molar-refractivity contribution in [1.29, 1.82) is 5.26 Å². The Labute approximate surface area is 420 Å². The van der Waals surface area contributed by atoms with Gasteiger partial charge in [-0.3, -0.25) is 9.59 Å². The van der Waals surface area contributed by atoms with Crippen molar-refractivity contribution in [2.24, 2.45) is 0 Å². The monoisotopic (exact) mass is 1170 g/mol. The van der Waals surface area contributed by atoms with E-state index in [4.69, 9.17) is 35.6 Å². The van der Waals surface area contributed by atoms with Crippen molar-refractivity contribution in [2.75, 3.05) is 28.3 Å². The summed E-state index contributed by atoms with van der Waals surface area (Å²) in [6.07, 6.45) is 9.00. The molecule has 0 spiro atoms.